The second-order valence-corrected chi connectivity index (χ2v) is 9.13. The van der Waals surface area contributed by atoms with Crippen LogP contribution in [0.5, 0.6) is 0 Å². The van der Waals surface area contributed by atoms with Crippen molar-refractivity contribution in [1.82, 2.24) is 5.32 Å². The number of hydrogen-bond donors (Lipinski definition) is 3. The average Bonchev–Trinajstić information content (AvgIpc) is 2.81. The highest BCUT2D eigenvalue weighted by Gasteiger charge is 2.52. The van der Waals surface area contributed by atoms with Crippen LogP contribution in [0.3, 0.4) is 0 Å². The first-order valence-electron chi connectivity index (χ1n) is 10.6. The van der Waals surface area contributed by atoms with Gasteiger partial charge in [0, 0.05) is 27.3 Å². The highest BCUT2D eigenvalue weighted by molar-refractivity contribution is 9.10. The minimum atomic E-state index is -2.24. The summed E-state index contributed by atoms with van der Waals surface area (Å²) < 4.78 is 0.672. The molecule has 1 aliphatic rings. The van der Waals surface area contributed by atoms with Crippen molar-refractivity contribution in [1.29, 1.82) is 0 Å². The molecule has 0 spiro atoms. The monoisotopic (exact) mass is 527 g/mol. The van der Waals surface area contributed by atoms with Crippen molar-refractivity contribution >= 4 is 50.8 Å². The molecule has 0 unspecified atom stereocenters. The molecule has 3 amide bonds. The molecule has 1 aliphatic heterocycles. The Kier molecular flexibility index (Phi) is 6.74. The van der Waals surface area contributed by atoms with Crippen molar-refractivity contribution in [3.8, 4) is 0 Å². The number of nitrogens with one attached hydrogen (secondary N) is 2. The fourth-order valence-electron chi connectivity index (χ4n) is 3.86. The number of amides is 3. The number of hydrogen-bond acceptors (Lipinski definition) is 3. The number of anilines is 2. The Morgan fingerprint density at radius 2 is 1.76 bits per heavy atom. The van der Waals surface area contributed by atoms with E-state index in [0.717, 1.165) is 22.4 Å². The van der Waals surface area contributed by atoms with Gasteiger partial charge in [0.25, 0.3) is 11.6 Å². The number of rotatable bonds is 6. The van der Waals surface area contributed by atoms with Gasteiger partial charge in [-0.25, -0.2) is 4.79 Å². The largest absolute Gasteiger partial charge is 0.359 e. The average molecular weight is 529 g/mol. The highest BCUT2D eigenvalue weighted by atomic mass is 79.9. The molecule has 0 bridgehead atoms. The zero-order valence-electron chi connectivity index (χ0n) is 17.9. The standard InChI is InChI=1S/C25H23BrClN3O3/c1-2-16-5-10-20(11-6-16)30-24(32)29-22-12-7-18(26)15-21(22)25(30,33)23(31)28-14-13-17-3-8-19(27)9-4-17/h3-12,15,33H,2,13-14H2,1H3,(H,28,31)(H,29,32)/t25-/m0/s1. The number of aryl methyl sites for hydroxylation is 1. The molecule has 0 aliphatic carbocycles. The minimum Gasteiger partial charge on any atom is -0.359 e. The van der Waals surface area contributed by atoms with Crippen LogP contribution in [0, 0.1) is 0 Å². The quantitative estimate of drug-likeness (QED) is 0.410. The van der Waals surface area contributed by atoms with E-state index in [0.29, 0.717) is 27.3 Å². The van der Waals surface area contributed by atoms with E-state index in [1.54, 1.807) is 42.5 Å². The zero-order chi connectivity index (χ0) is 23.6. The summed E-state index contributed by atoms with van der Waals surface area (Å²) >= 11 is 9.34. The summed E-state index contributed by atoms with van der Waals surface area (Å²) in [5.74, 6) is -0.690. The lowest BCUT2D eigenvalue weighted by molar-refractivity contribution is -0.140. The van der Waals surface area contributed by atoms with Crippen molar-refractivity contribution in [2.75, 3.05) is 16.8 Å². The maximum absolute atomic E-state index is 13.5. The molecule has 0 saturated carbocycles. The molecule has 0 fully saturated rings. The number of aliphatic hydroxyl groups is 1. The van der Waals surface area contributed by atoms with Gasteiger partial charge in [-0.2, -0.15) is 0 Å². The van der Waals surface area contributed by atoms with Crippen molar-refractivity contribution in [2.24, 2.45) is 0 Å². The van der Waals surface area contributed by atoms with Gasteiger partial charge in [0.05, 0.1) is 5.69 Å². The van der Waals surface area contributed by atoms with Crippen LogP contribution in [0.1, 0.15) is 23.6 Å². The Hall–Kier alpha value is -2.87. The summed E-state index contributed by atoms with van der Waals surface area (Å²) in [5.41, 5.74) is 0.888. The first-order chi connectivity index (χ1) is 15.8. The lowest BCUT2D eigenvalue weighted by Crippen LogP contribution is -2.62. The lowest BCUT2D eigenvalue weighted by Gasteiger charge is -2.42. The van der Waals surface area contributed by atoms with Crippen LogP contribution in [0.25, 0.3) is 0 Å². The Morgan fingerprint density at radius 3 is 2.42 bits per heavy atom. The molecule has 3 aromatic carbocycles. The van der Waals surface area contributed by atoms with Crippen molar-refractivity contribution in [2.45, 2.75) is 25.5 Å². The third kappa shape index (κ3) is 4.62. The van der Waals surface area contributed by atoms with E-state index in [2.05, 4.69) is 26.6 Å². The number of halogens is 2. The Balaban J connectivity index is 1.68. The van der Waals surface area contributed by atoms with Crippen molar-refractivity contribution in [3.63, 3.8) is 0 Å². The van der Waals surface area contributed by atoms with Crippen molar-refractivity contribution in [3.05, 3.63) is 92.9 Å². The fraction of sp³-hybridized carbons (Fsp3) is 0.200. The molecule has 8 heteroatoms. The van der Waals surface area contributed by atoms with Gasteiger partial charge in [-0.3, -0.25) is 9.69 Å². The Labute approximate surface area is 205 Å². The van der Waals surface area contributed by atoms with E-state index in [4.69, 9.17) is 11.6 Å². The highest BCUT2D eigenvalue weighted by Crippen LogP contribution is 2.41. The van der Waals surface area contributed by atoms with Crippen LogP contribution in [0.4, 0.5) is 16.2 Å². The number of benzene rings is 3. The third-order valence-corrected chi connectivity index (χ3v) is 6.40. The molecule has 33 heavy (non-hydrogen) atoms. The van der Waals surface area contributed by atoms with Gasteiger partial charge in [0.15, 0.2) is 0 Å². The number of urea groups is 1. The second-order valence-electron chi connectivity index (χ2n) is 7.78. The van der Waals surface area contributed by atoms with E-state index in [1.807, 2.05) is 31.2 Å². The molecule has 4 rings (SSSR count). The summed E-state index contributed by atoms with van der Waals surface area (Å²) in [7, 11) is 0. The molecule has 0 radical (unpaired) electrons. The third-order valence-electron chi connectivity index (χ3n) is 5.66. The van der Waals surface area contributed by atoms with E-state index < -0.39 is 17.7 Å². The van der Waals surface area contributed by atoms with Gasteiger partial charge < -0.3 is 15.7 Å². The van der Waals surface area contributed by atoms with Gasteiger partial charge in [0.2, 0.25) is 0 Å². The number of carbonyl (C=O) groups is 2. The molecular weight excluding hydrogens is 506 g/mol. The minimum absolute atomic E-state index is 0.274. The summed E-state index contributed by atoms with van der Waals surface area (Å²) in [6, 6.07) is 19.0. The topological polar surface area (TPSA) is 81.7 Å². The smallest absolute Gasteiger partial charge is 0.329 e. The maximum Gasteiger partial charge on any atom is 0.329 e. The molecular formula is C25H23BrClN3O3. The first-order valence-corrected chi connectivity index (χ1v) is 11.8. The molecule has 1 atom stereocenters. The van der Waals surface area contributed by atoms with Gasteiger partial charge in [-0.15, -0.1) is 0 Å². The van der Waals surface area contributed by atoms with Gasteiger partial charge in [-0.05, 0) is 66.4 Å². The lowest BCUT2D eigenvalue weighted by atomic mass is 9.94. The van der Waals surface area contributed by atoms with Crippen LogP contribution in [-0.2, 0) is 23.4 Å². The van der Waals surface area contributed by atoms with E-state index in [-0.39, 0.29) is 12.1 Å². The van der Waals surface area contributed by atoms with E-state index in [9.17, 15) is 14.7 Å². The number of nitrogens with zero attached hydrogens (tertiary/aromatic N) is 1. The predicted octanol–water partition coefficient (Wildman–Crippen LogP) is 5.22. The van der Waals surface area contributed by atoms with Crippen LogP contribution in [0.2, 0.25) is 5.02 Å². The van der Waals surface area contributed by atoms with Crippen LogP contribution in [0.15, 0.2) is 71.2 Å². The molecule has 170 valence electrons. The Morgan fingerprint density at radius 1 is 1.09 bits per heavy atom. The summed E-state index contributed by atoms with van der Waals surface area (Å²) in [6.45, 7) is 2.30. The molecule has 6 nitrogen and oxygen atoms in total. The maximum atomic E-state index is 13.5. The normalized spacial score (nSPS) is 17.3. The Bertz CT molecular complexity index is 1180. The second kappa shape index (κ2) is 9.55. The summed E-state index contributed by atoms with van der Waals surface area (Å²) in [5, 5.41) is 18.1. The predicted molar refractivity (Wildman–Crippen MR) is 134 cm³/mol. The molecule has 3 N–H and O–H groups in total. The molecule has 3 aromatic rings. The van der Waals surface area contributed by atoms with E-state index >= 15 is 0 Å². The van der Waals surface area contributed by atoms with Crippen LogP contribution in [-0.4, -0.2) is 23.6 Å². The van der Waals surface area contributed by atoms with Gasteiger partial charge in [-0.1, -0.05) is 58.7 Å². The molecule has 1 heterocycles. The summed E-state index contributed by atoms with van der Waals surface area (Å²) in [4.78, 5) is 27.7. The van der Waals surface area contributed by atoms with Gasteiger partial charge in [0.1, 0.15) is 0 Å². The number of fused-ring (bicyclic) bond motifs is 1. The molecule has 0 saturated heterocycles. The van der Waals surface area contributed by atoms with Crippen LogP contribution >= 0.6 is 27.5 Å². The zero-order valence-corrected chi connectivity index (χ0v) is 20.3. The van der Waals surface area contributed by atoms with Crippen LogP contribution < -0.4 is 15.5 Å². The van der Waals surface area contributed by atoms with E-state index in [1.165, 1.54) is 0 Å². The van der Waals surface area contributed by atoms with Crippen molar-refractivity contribution < 1.29 is 14.7 Å². The molecule has 0 aromatic heterocycles. The first kappa shape index (κ1) is 23.3. The SMILES string of the molecule is CCc1ccc(N2C(=O)Nc3ccc(Br)cc3[C@]2(O)C(=O)NCCc2ccc(Cl)cc2)cc1. The number of carbonyl (C=O) groups excluding carboxylic acids is 2. The fourth-order valence-corrected chi connectivity index (χ4v) is 4.34. The summed E-state index contributed by atoms with van der Waals surface area (Å²) in [6.07, 6.45) is 1.37. The van der Waals surface area contributed by atoms with Gasteiger partial charge >= 0.3 is 6.03 Å².